The zero-order valence-corrected chi connectivity index (χ0v) is 18.6. The minimum Gasteiger partial charge on any atom is -0.507 e. The molecule has 0 fully saturated rings. The van der Waals surface area contributed by atoms with Gasteiger partial charge in [0.05, 0.1) is 10.6 Å². The number of rotatable bonds is 6. The Hall–Kier alpha value is -3.26. The highest BCUT2D eigenvalue weighted by Crippen LogP contribution is 2.37. The number of benzene rings is 2. The predicted octanol–water partition coefficient (Wildman–Crippen LogP) is 4.43. The molecule has 0 saturated carbocycles. The Morgan fingerprint density at radius 3 is 2.19 bits per heavy atom. The number of phenols is 1. The number of halogens is 1. The summed E-state index contributed by atoms with van der Waals surface area (Å²) in [6.45, 7) is 9.24. The molecule has 0 saturated heterocycles. The number of aryl methyl sites for hydroxylation is 1. The third-order valence-electron chi connectivity index (χ3n) is 4.45. The first kappa shape index (κ1) is 24.0. The Bertz CT molecular complexity index is 988. The average Bonchev–Trinajstić information content (AvgIpc) is 2.65. The average molecular weight is 449 g/mol. The van der Waals surface area contributed by atoms with Crippen LogP contribution in [-0.2, 0) is 9.59 Å². The molecule has 0 heterocycles. The fraction of sp³-hybridized carbons (Fsp3) is 0.318. The molecule has 0 bridgehead atoms. The van der Waals surface area contributed by atoms with E-state index in [9.17, 15) is 19.5 Å². The normalized spacial score (nSPS) is 10.8. The summed E-state index contributed by atoms with van der Waals surface area (Å²) in [6, 6.07) is 7.03. The van der Waals surface area contributed by atoms with Crippen LogP contribution in [-0.4, -0.2) is 45.0 Å². The number of phenolic OH excluding ortho intramolecular Hbond substituents is 1. The summed E-state index contributed by atoms with van der Waals surface area (Å²) in [5, 5.41) is 21.3. The van der Waals surface area contributed by atoms with Gasteiger partial charge in [0.15, 0.2) is 0 Å². The van der Waals surface area contributed by atoms with Gasteiger partial charge in [0.1, 0.15) is 17.2 Å². The molecule has 0 atom stereocenters. The molecular formula is C22H25ClN2O6. The van der Waals surface area contributed by atoms with Crippen LogP contribution in [0.25, 0.3) is 0 Å². The molecule has 9 heteroatoms. The fourth-order valence-corrected chi connectivity index (χ4v) is 3.49. The second-order valence-corrected chi connectivity index (χ2v) is 7.95. The van der Waals surface area contributed by atoms with E-state index in [0.717, 1.165) is 0 Å². The van der Waals surface area contributed by atoms with E-state index < -0.39 is 11.9 Å². The minimum absolute atomic E-state index is 0.0679. The van der Waals surface area contributed by atoms with Gasteiger partial charge in [-0.05, 0) is 70.5 Å². The highest BCUT2D eigenvalue weighted by molar-refractivity contribution is 6.37. The second-order valence-electron chi connectivity index (χ2n) is 7.54. The summed E-state index contributed by atoms with van der Waals surface area (Å²) < 4.78 is 5.85. The smallest absolute Gasteiger partial charge is 0.394 e. The molecule has 0 aliphatic carbocycles. The lowest BCUT2D eigenvalue weighted by Crippen LogP contribution is -2.42. The van der Waals surface area contributed by atoms with Gasteiger partial charge in [0.25, 0.3) is 5.91 Å². The zero-order chi connectivity index (χ0) is 23.5. The highest BCUT2D eigenvalue weighted by Gasteiger charge is 2.25. The standard InChI is InChI=1S/C22H25ClN2O6/c1-11(2)25(12(3)4)21(28)16-10-15(6-7-18(16)26)31-19-13(5)8-14(9-17(19)23)24-20(27)22(29)30/h6-12,26H,1-5H3,(H,24,27)(H,29,30). The first-order chi connectivity index (χ1) is 14.4. The lowest BCUT2D eigenvalue weighted by Gasteiger charge is -2.31. The number of carboxylic acids is 1. The van der Waals surface area contributed by atoms with Crippen molar-refractivity contribution in [3.8, 4) is 17.2 Å². The predicted molar refractivity (Wildman–Crippen MR) is 117 cm³/mol. The number of nitrogens with one attached hydrogen (secondary N) is 1. The van der Waals surface area contributed by atoms with Crippen LogP contribution in [0.2, 0.25) is 5.02 Å². The summed E-state index contributed by atoms with van der Waals surface area (Å²) in [7, 11) is 0. The molecule has 2 rings (SSSR count). The third-order valence-corrected chi connectivity index (χ3v) is 4.73. The molecule has 0 aromatic heterocycles. The van der Waals surface area contributed by atoms with Crippen molar-refractivity contribution in [2.24, 2.45) is 0 Å². The van der Waals surface area contributed by atoms with Gasteiger partial charge < -0.3 is 25.2 Å². The molecule has 0 unspecified atom stereocenters. The van der Waals surface area contributed by atoms with E-state index >= 15 is 0 Å². The molecule has 3 N–H and O–H groups in total. The van der Waals surface area contributed by atoms with Gasteiger partial charge in [0, 0.05) is 17.8 Å². The first-order valence-corrected chi connectivity index (χ1v) is 9.98. The SMILES string of the molecule is Cc1cc(NC(=O)C(=O)O)cc(Cl)c1Oc1ccc(O)c(C(=O)N(C(C)C)C(C)C)c1. The van der Waals surface area contributed by atoms with Gasteiger partial charge in [-0.1, -0.05) is 11.6 Å². The van der Waals surface area contributed by atoms with Crippen molar-refractivity contribution in [3.63, 3.8) is 0 Å². The lowest BCUT2D eigenvalue weighted by atomic mass is 10.1. The molecule has 2 aromatic rings. The van der Waals surface area contributed by atoms with Crippen LogP contribution in [0.15, 0.2) is 30.3 Å². The molecule has 0 aliphatic heterocycles. The Morgan fingerprint density at radius 1 is 1.06 bits per heavy atom. The topological polar surface area (TPSA) is 116 Å². The van der Waals surface area contributed by atoms with E-state index in [-0.39, 0.29) is 51.5 Å². The third kappa shape index (κ3) is 5.67. The van der Waals surface area contributed by atoms with Crippen molar-refractivity contribution in [1.29, 1.82) is 0 Å². The molecule has 8 nitrogen and oxygen atoms in total. The van der Waals surface area contributed by atoms with Crippen molar-refractivity contribution >= 4 is 35.1 Å². The minimum atomic E-state index is -1.62. The number of anilines is 1. The van der Waals surface area contributed by atoms with E-state index in [1.165, 1.54) is 30.3 Å². The summed E-state index contributed by atoms with van der Waals surface area (Å²) in [5.74, 6) is -2.76. The number of carbonyl (C=O) groups excluding carboxylic acids is 2. The van der Waals surface area contributed by atoms with E-state index in [4.69, 9.17) is 21.4 Å². The number of amides is 2. The number of hydrogen-bond donors (Lipinski definition) is 3. The van der Waals surface area contributed by atoms with Crippen molar-refractivity contribution in [2.75, 3.05) is 5.32 Å². The van der Waals surface area contributed by atoms with Gasteiger partial charge in [-0.15, -0.1) is 0 Å². The summed E-state index contributed by atoms with van der Waals surface area (Å²) >= 11 is 6.27. The maximum Gasteiger partial charge on any atom is 0.394 e. The molecule has 0 spiro atoms. The van der Waals surface area contributed by atoms with Crippen molar-refractivity contribution in [3.05, 3.63) is 46.5 Å². The van der Waals surface area contributed by atoms with E-state index in [1.54, 1.807) is 11.8 Å². The van der Waals surface area contributed by atoms with Gasteiger partial charge >= 0.3 is 11.9 Å². The van der Waals surface area contributed by atoms with Crippen LogP contribution < -0.4 is 10.1 Å². The Morgan fingerprint density at radius 2 is 1.68 bits per heavy atom. The van der Waals surface area contributed by atoms with Crippen LogP contribution >= 0.6 is 11.6 Å². The molecule has 2 aromatic carbocycles. The van der Waals surface area contributed by atoms with Crippen molar-refractivity contribution in [1.82, 2.24) is 4.90 Å². The van der Waals surface area contributed by atoms with E-state index in [1.807, 2.05) is 27.7 Å². The highest BCUT2D eigenvalue weighted by atomic mass is 35.5. The van der Waals surface area contributed by atoms with Gasteiger partial charge in [0.2, 0.25) is 0 Å². The van der Waals surface area contributed by atoms with E-state index in [0.29, 0.717) is 5.56 Å². The molecule has 31 heavy (non-hydrogen) atoms. The summed E-state index contributed by atoms with van der Waals surface area (Å²) in [4.78, 5) is 36.7. The number of aromatic hydroxyl groups is 1. The number of carbonyl (C=O) groups is 3. The van der Waals surface area contributed by atoms with Crippen molar-refractivity contribution < 1.29 is 29.3 Å². The van der Waals surface area contributed by atoms with Gasteiger partial charge in [-0.2, -0.15) is 0 Å². The van der Waals surface area contributed by atoms with Gasteiger partial charge in [-0.3, -0.25) is 9.59 Å². The van der Waals surface area contributed by atoms with Crippen LogP contribution in [0, 0.1) is 6.92 Å². The molecular weight excluding hydrogens is 424 g/mol. The molecule has 0 radical (unpaired) electrons. The first-order valence-electron chi connectivity index (χ1n) is 9.60. The number of ether oxygens (including phenoxy) is 1. The number of aliphatic carboxylic acids is 1. The number of nitrogens with zero attached hydrogens (tertiary/aromatic N) is 1. The zero-order valence-electron chi connectivity index (χ0n) is 17.9. The van der Waals surface area contributed by atoms with E-state index in [2.05, 4.69) is 5.32 Å². The monoisotopic (exact) mass is 448 g/mol. The number of carboxylic acid groups (broad SMARTS) is 1. The molecule has 2 amide bonds. The molecule has 0 aliphatic rings. The summed E-state index contributed by atoms with van der Waals surface area (Å²) in [6.07, 6.45) is 0. The van der Waals surface area contributed by atoms with Crippen LogP contribution in [0.4, 0.5) is 5.69 Å². The quantitative estimate of drug-likeness (QED) is 0.563. The van der Waals surface area contributed by atoms with Gasteiger partial charge in [-0.25, -0.2) is 4.79 Å². The second kappa shape index (κ2) is 9.70. The Balaban J connectivity index is 2.36. The lowest BCUT2D eigenvalue weighted by molar-refractivity contribution is -0.147. The van der Waals surface area contributed by atoms with Crippen LogP contribution in [0.3, 0.4) is 0 Å². The van der Waals surface area contributed by atoms with Crippen molar-refractivity contribution in [2.45, 2.75) is 46.7 Å². The Kier molecular flexibility index (Phi) is 7.51. The molecule has 166 valence electrons. The van der Waals surface area contributed by atoms with Crippen LogP contribution in [0.1, 0.15) is 43.6 Å². The largest absolute Gasteiger partial charge is 0.507 e. The maximum absolute atomic E-state index is 13.0. The Labute approximate surface area is 185 Å². The summed E-state index contributed by atoms with van der Waals surface area (Å²) in [5.41, 5.74) is 0.826. The number of hydrogen-bond acceptors (Lipinski definition) is 5. The maximum atomic E-state index is 13.0. The van der Waals surface area contributed by atoms with Crippen LogP contribution in [0.5, 0.6) is 17.2 Å². The fourth-order valence-electron chi connectivity index (χ4n) is 3.19.